The van der Waals surface area contributed by atoms with Gasteiger partial charge in [-0.1, -0.05) is 42.0 Å². The average molecular weight is 424 g/mol. The third-order valence-corrected chi connectivity index (χ3v) is 5.75. The molecule has 0 bridgehead atoms. The van der Waals surface area contributed by atoms with Crippen molar-refractivity contribution in [2.45, 2.75) is 19.4 Å². The maximum Gasteiger partial charge on any atom is 0.253 e. The summed E-state index contributed by atoms with van der Waals surface area (Å²) in [5.41, 5.74) is 4.81. The Balaban J connectivity index is 1.47. The second-order valence-corrected chi connectivity index (χ2v) is 8.09. The Kier molecular flexibility index (Phi) is 5.59. The summed E-state index contributed by atoms with van der Waals surface area (Å²) < 4.78 is 0. The number of halogens is 1. The maximum absolute atomic E-state index is 12.9. The van der Waals surface area contributed by atoms with Gasteiger partial charge in [-0.05, 0) is 48.7 Å². The zero-order valence-electron chi connectivity index (χ0n) is 16.5. The molecule has 1 heterocycles. The molecule has 0 spiro atoms. The van der Waals surface area contributed by atoms with Crippen LogP contribution in [-0.4, -0.2) is 34.7 Å². The van der Waals surface area contributed by atoms with E-state index in [1.54, 1.807) is 42.3 Å². The van der Waals surface area contributed by atoms with E-state index >= 15 is 0 Å². The lowest BCUT2D eigenvalue weighted by atomic mass is 9.85. The minimum atomic E-state index is -0.302. The summed E-state index contributed by atoms with van der Waals surface area (Å²) in [6.45, 7) is 0.413. The molecule has 0 aromatic heterocycles. The van der Waals surface area contributed by atoms with Crippen LogP contribution in [-0.2, 0) is 16.1 Å². The molecule has 30 heavy (non-hydrogen) atoms. The maximum atomic E-state index is 12.9. The van der Waals surface area contributed by atoms with Gasteiger partial charge in [-0.2, -0.15) is 5.01 Å². The van der Waals surface area contributed by atoms with Gasteiger partial charge in [-0.25, -0.2) is 0 Å². The first-order valence-corrected chi connectivity index (χ1v) is 10.2. The van der Waals surface area contributed by atoms with Crippen molar-refractivity contribution in [3.8, 4) is 0 Å². The fourth-order valence-electron chi connectivity index (χ4n) is 3.96. The number of hydrogen-bond donors (Lipinski definition) is 1. The van der Waals surface area contributed by atoms with E-state index in [1.165, 1.54) is 0 Å². The largest absolute Gasteiger partial charge is 0.337 e. The number of hydrogen-bond acceptors (Lipinski definition) is 4. The van der Waals surface area contributed by atoms with Gasteiger partial charge in [-0.15, -0.1) is 0 Å². The molecule has 154 valence electrons. The second-order valence-electron chi connectivity index (χ2n) is 7.65. The molecule has 6 nitrogen and oxygen atoms in total. The Morgan fingerprint density at radius 1 is 1.07 bits per heavy atom. The molecule has 0 saturated carbocycles. The Morgan fingerprint density at radius 3 is 2.40 bits per heavy atom. The minimum Gasteiger partial charge on any atom is -0.337 e. The summed E-state index contributed by atoms with van der Waals surface area (Å²) in [5.74, 6) is -1.21. The van der Waals surface area contributed by atoms with Crippen molar-refractivity contribution in [1.29, 1.82) is 0 Å². The highest BCUT2D eigenvalue weighted by Crippen LogP contribution is 2.35. The van der Waals surface area contributed by atoms with Crippen LogP contribution in [0.25, 0.3) is 0 Å². The van der Waals surface area contributed by atoms with Crippen molar-refractivity contribution >= 4 is 35.0 Å². The van der Waals surface area contributed by atoms with Crippen molar-refractivity contribution in [1.82, 2.24) is 9.91 Å². The Bertz CT molecular complexity index is 1010. The predicted octanol–water partition coefficient (Wildman–Crippen LogP) is 3.89. The summed E-state index contributed by atoms with van der Waals surface area (Å²) >= 11 is 6.02. The van der Waals surface area contributed by atoms with Crippen molar-refractivity contribution in [2.24, 2.45) is 11.8 Å². The standard InChI is InChI=1S/C23H22ClN3O3/c1-26(14-15-6-4-8-17(24)12-15)21(28)16-7-5-9-18(13-16)25-27-22(29)19-10-2-3-11-20(19)23(27)30/h2-9,12-13,19-20,25H,10-11,14H2,1H3. The normalized spacial score (nSPS) is 20.3. The number of amides is 3. The van der Waals surface area contributed by atoms with Gasteiger partial charge in [0.15, 0.2) is 0 Å². The van der Waals surface area contributed by atoms with E-state index in [4.69, 9.17) is 11.6 Å². The summed E-state index contributed by atoms with van der Waals surface area (Å²) in [5, 5.41) is 1.72. The fourth-order valence-corrected chi connectivity index (χ4v) is 4.18. The van der Waals surface area contributed by atoms with Gasteiger partial charge in [0, 0.05) is 24.2 Å². The number of imide groups is 1. The van der Waals surface area contributed by atoms with Crippen molar-refractivity contribution in [3.63, 3.8) is 0 Å². The number of benzene rings is 2. The Labute approximate surface area is 180 Å². The lowest BCUT2D eigenvalue weighted by molar-refractivity contribution is -0.138. The fraction of sp³-hybridized carbons (Fsp3) is 0.261. The SMILES string of the molecule is CN(Cc1cccc(Cl)c1)C(=O)c1cccc(NN2C(=O)C3CC=CCC3C2=O)c1. The third kappa shape index (κ3) is 3.96. The van der Waals surface area contributed by atoms with E-state index in [-0.39, 0.29) is 29.6 Å². The van der Waals surface area contributed by atoms with Crippen LogP contribution in [0.3, 0.4) is 0 Å². The zero-order valence-corrected chi connectivity index (χ0v) is 17.3. The lowest BCUT2D eigenvalue weighted by Crippen LogP contribution is -2.36. The molecule has 2 aromatic rings. The zero-order chi connectivity index (χ0) is 21.3. The van der Waals surface area contributed by atoms with Crippen LogP contribution < -0.4 is 5.43 Å². The van der Waals surface area contributed by atoms with Crippen LogP contribution >= 0.6 is 11.6 Å². The topological polar surface area (TPSA) is 69.7 Å². The van der Waals surface area contributed by atoms with Crippen LogP contribution in [0, 0.1) is 11.8 Å². The molecule has 7 heteroatoms. The molecule has 1 N–H and O–H groups in total. The summed E-state index contributed by atoms with van der Waals surface area (Å²) in [6.07, 6.45) is 5.07. The van der Waals surface area contributed by atoms with E-state index in [2.05, 4.69) is 5.43 Å². The number of rotatable bonds is 5. The number of nitrogens with one attached hydrogen (secondary N) is 1. The summed E-state index contributed by atoms with van der Waals surface area (Å²) in [7, 11) is 1.72. The number of hydrazine groups is 1. The van der Waals surface area contributed by atoms with Crippen molar-refractivity contribution in [3.05, 3.63) is 76.8 Å². The lowest BCUT2D eigenvalue weighted by Gasteiger charge is -2.20. The van der Waals surface area contributed by atoms with Gasteiger partial charge >= 0.3 is 0 Å². The van der Waals surface area contributed by atoms with Gasteiger partial charge in [0.2, 0.25) is 0 Å². The van der Waals surface area contributed by atoms with Gasteiger partial charge in [0.25, 0.3) is 17.7 Å². The van der Waals surface area contributed by atoms with Crippen LogP contribution in [0.4, 0.5) is 5.69 Å². The highest BCUT2D eigenvalue weighted by molar-refractivity contribution is 6.30. The molecular formula is C23H22ClN3O3. The molecule has 4 rings (SSSR count). The Morgan fingerprint density at radius 2 is 1.73 bits per heavy atom. The van der Waals surface area contributed by atoms with E-state index in [0.29, 0.717) is 35.7 Å². The molecule has 1 saturated heterocycles. The quantitative estimate of drug-likeness (QED) is 0.585. The molecule has 1 aliphatic heterocycles. The number of nitrogens with zero attached hydrogens (tertiary/aromatic N) is 2. The van der Waals surface area contributed by atoms with Crippen molar-refractivity contribution < 1.29 is 14.4 Å². The molecule has 1 aliphatic carbocycles. The average Bonchev–Trinajstić information content (AvgIpc) is 2.98. The van der Waals surface area contributed by atoms with E-state index in [9.17, 15) is 14.4 Å². The molecule has 1 fully saturated rings. The highest BCUT2D eigenvalue weighted by Gasteiger charge is 2.47. The first kappa shape index (κ1) is 20.2. The monoisotopic (exact) mass is 423 g/mol. The number of anilines is 1. The molecule has 2 unspecified atom stereocenters. The summed E-state index contributed by atoms with van der Waals surface area (Å²) in [4.78, 5) is 39.7. The number of allylic oxidation sites excluding steroid dienone is 2. The number of fused-ring (bicyclic) bond motifs is 1. The van der Waals surface area contributed by atoms with Crippen LogP contribution in [0.5, 0.6) is 0 Å². The van der Waals surface area contributed by atoms with Gasteiger partial charge in [0.05, 0.1) is 17.5 Å². The molecule has 0 radical (unpaired) electrons. The van der Waals surface area contributed by atoms with Gasteiger partial charge in [0.1, 0.15) is 0 Å². The van der Waals surface area contributed by atoms with E-state index in [1.807, 2.05) is 30.4 Å². The van der Waals surface area contributed by atoms with Gasteiger partial charge < -0.3 is 4.90 Å². The van der Waals surface area contributed by atoms with Crippen LogP contribution in [0.2, 0.25) is 5.02 Å². The second kappa shape index (κ2) is 8.32. The predicted molar refractivity (Wildman–Crippen MR) is 115 cm³/mol. The van der Waals surface area contributed by atoms with E-state index < -0.39 is 0 Å². The smallest absolute Gasteiger partial charge is 0.253 e. The Hall–Kier alpha value is -3.12. The van der Waals surface area contributed by atoms with Crippen LogP contribution in [0.1, 0.15) is 28.8 Å². The third-order valence-electron chi connectivity index (χ3n) is 5.51. The first-order valence-electron chi connectivity index (χ1n) is 9.83. The van der Waals surface area contributed by atoms with Gasteiger partial charge in [-0.3, -0.25) is 19.8 Å². The highest BCUT2D eigenvalue weighted by atomic mass is 35.5. The number of carbonyl (C=O) groups is 3. The first-order chi connectivity index (χ1) is 14.4. The molecule has 2 aliphatic rings. The minimum absolute atomic E-state index is 0.171. The molecular weight excluding hydrogens is 402 g/mol. The molecule has 3 amide bonds. The molecule has 2 aromatic carbocycles. The van der Waals surface area contributed by atoms with Crippen LogP contribution in [0.15, 0.2) is 60.7 Å². The van der Waals surface area contributed by atoms with E-state index in [0.717, 1.165) is 10.6 Å². The summed E-state index contributed by atoms with van der Waals surface area (Å²) in [6, 6.07) is 14.2. The number of carbonyl (C=O) groups excluding carboxylic acids is 3. The molecule has 2 atom stereocenters. The van der Waals surface area contributed by atoms with Crippen molar-refractivity contribution in [2.75, 3.05) is 12.5 Å².